The first-order chi connectivity index (χ1) is 8.13. The number of aldehydes is 1. The van der Waals surface area contributed by atoms with E-state index in [2.05, 4.69) is 23.7 Å². The monoisotopic (exact) mass is 234 g/mol. The predicted octanol–water partition coefficient (Wildman–Crippen LogP) is 2.52. The highest BCUT2D eigenvalue weighted by atomic mass is 16.1. The van der Waals surface area contributed by atoms with Gasteiger partial charge in [-0.2, -0.15) is 0 Å². The van der Waals surface area contributed by atoms with Crippen LogP contribution in [0.3, 0.4) is 0 Å². The molecule has 0 bridgehead atoms. The highest BCUT2D eigenvalue weighted by Gasteiger charge is 2.23. The van der Waals surface area contributed by atoms with E-state index in [-0.39, 0.29) is 5.41 Å². The maximum absolute atomic E-state index is 11.1. The van der Waals surface area contributed by atoms with Crippen LogP contribution in [0.5, 0.6) is 0 Å². The molecule has 0 amide bonds. The molecule has 0 aliphatic rings. The first kappa shape index (κ1) is 13.8. The Morgan fingerprint density at radius 2 is 2.00 bits per heavy atom. The van der Waals surface area contributed by atoms with Crippen molar-refractivity contribution in [3.63, 3.8) is 0 Å². The molecular formula is C14H22N2O. The SMILES string of the molecule is CCN(Cc1ccncc1)CC(C)(C=O)CC. The topological polar surface area (TPSA) is 33.2 Å². The van der Waals surface area contributed by atoms with Gasteiger partial charge in [-0.3, -0.25) is 9.88 Å². The van der Waals surface area contributed by atoms with Gasteiger partial charge in [0.15, 0.2) is 0 Å². The van der Waals surface area contributed by atoms with Crippen LogP contribution < -0.4 is 0 Å². The van der Waals surface area contributed by atoms with Crippen LogP contribution in [0.15, 0.2) is 24.5 Å². The van der Waals surface area contributed by atoms with Crippen LogP contribution in [0.1, 0.15) is 32.8 Å². The van der Waals surface area contributed by atoms with Crippen LogP contribution in [0.2, 0.25) is 0 Å². The maximum Gasteiger partial charge on any atom is 0.127 e. The van der Waals surface area contributed by atoms with Crippen molar-refractivity contribution in [3.05, 3.63) is 30.1 Å². The Morgan fingerprint density at radius 3 is 2.47 bits per heavy atom. The Morgan fingerprint density at radius 1 is 1.35 bits per heavy atom. The van der Waals surface area contributed by atoms with Gasteiger partial charge in [0.1, 0.15) is 6.29 Å². The second kappa shape index (κ2) is 6.50. The molecule has 0 spiro atoms. The molecule has 1 aromatic rings. The molecule has 0 fully saturated rings. The van der Waals surface area contributed by atoms with E-state index < -0.39 is 0 Å². The predicted molar refractivity (Wildman–Crippen MR) is 69.7 cm³/mol. The van der Waals surface area contributed by atoms with Crippen molar-refractivity contribution in [1.29, 1.82) is 0 Å². The Bertz CT molecular complexity index is 339. The zero-order valence-electron chi connectivity index (χ0n) is 11.0. The summed E-state index contributed by atoms with van der Waals surface area (Å²) in [6.07, 6.45) is 5.58. The number of carbonyl (C=O) groups excluding carboxylic acids is 1. The molecule has 94 valence electrons. The molecule has 0 saturated heterocycles. The van der Waals surface area contributed by atoms with Crippen LogP contribution in [0.25, 0.3) is 0 Å². The van der Waals surface area contributed by atoms with Gasteiger partial charge in [-0.1, -0.05) is 20.8 Å². The molecule has 0 aliphatic heterocycles. The smallest absolute Gasteiger partial charge is 0.127 e. The number of aromatic nitrogens is 1. The van der Waals surface area contributed by atoms with Gasteiger partial charge in [-0.15, -0.1) is 0 Å². The van der Waals surface area contributed by atoms with Gasteiger partial charge >= 0.3 is 0 Å². The second-order valence-electron chi connectivity index (χ2n) is 4.78. The highest BCUT2D eigenvalue weighted by molar-refractivity contribution is 5.58. The molecule has 0 radical (unpaired) electrons. The van der Waals surface area contributed by atoms with Crippen molar-refractivity contribution < 1.29 is 4.79 Å². The van der Waals surface area contributed by atoms with E-state index in [9.17, 15) is 4.79 Å². The third-order valence-corrected chi connectivity index (χ3v) is 3.28. The van der Waals surface area contributed by atoms with E-state index in [0.29, 0.717) is 0 Å². The number of nitrogens with zero attached hydrogens (tertiary/aromatic N) is 2. The fourth-order valence-corrected chi connectivity index (χ4v) is 1.77. The zero-order valence-corrected chi connectivity index (χ0v) is 11.0. The fourth-order valence-electron chi connectivity index (χ4n) is 1.77. The average molecular weight is 234 g/mol. The largest absolute Gasteiger partial charge is 0.303 e. The molecule has 1 heterocycles. The third-order valence-electron chi connectivity index (χ3n) is 3.28. The molecule has 1 aromatic heterocycles. The molecule has 0 N–H and O–H groups in total. The Balaban J connectivity index is 2.63. The van der Waals surface area contributed by atoms with Crippen molar-refractivity contribution in [1.82, 2.24) is 9.88 Å². The van der Waals surface area contributed by atoms with E-state index in [4.69, 9.17) is 0 Å². The lowest BCUT2D eigenvalue weighted by atomic mass is 9.89. The van der Waals surface area contributed by atoms with Crippen LogP contribution in [0, 0.1) is 5.41 Å². The van der Waals surface area contributed by atoms with Gasteiger partial charge in [0, 0.05) is 30.9 Å². The van der Waals surface area contributed by atoms with Crippen LogP contribution in [-0.2, 0) is 11.3 Å². The molecule has 1 unspecified atom stereocenters. The van der Waals surface area contributed by atoms with E-state index in [1.54, 1.807) is 0 Å². The first-order valence-electron chi connectivity index (χ1n) is 6.21. The van der Waals surface area contributed by atoms with E-state index in [1.165, 1.54) is 5.56 Å². The number of rotatable bonds is 7. The molecule has 1 atom stereocenters. The van der Waals surface area contributed by atoms with Crippen molar-refractivity contribution >= 4 is 6.29 Å². The standard InChI is InChI=1S/C14H22N2O/c1-4-14(3,12-17)11-16(5-2)10-13-6-8-15-9-7-13/h6-9,12H,4-5,10-11H2,1-3H3. The van der Waals surface area contributed by atoms with Crippen molar-refractivity contribution in [2.24, 2.45) is 5.41 Å². The number of carbonyl (C=O) groups is 1. The summed E-state index contributed by atoms with van der Waals surface area (Å²) in [4.78, 5) is 17.4. The minimum atomic E-state index is -0.233. The van der Waals surface area contributed by atoms with E-state index in [1.807, 2.05) is 31.5 Å². The number of hydrogen-bond acceptors (Lipinski definition) is 3. The molecule has 0 aliphatic carbocycles. The molecule has 3 heteroatoms. The van der Waals surface area contributed by atoms with Gasteiger partial charge in [-0.05, 0) is 30.7 Å². The van der Waals surface area contributed by atoms with Gasteiger partial charge in [0.25, 0.3) is 0 Å². The van der Waals surface area contributed by atoms with E-state index >= 15 is 0 Å². The lowest BCUT2D eigenvalue weighted by molar-refractivity contribution is -0.116. The molecule has 1 rings (SSSR count). The second-order valence-corrected chi connectivity index (χ2v) is 4.78. The summed E-state index contributed by atoms with van der Waals surface area (Å²) in [5, 5.41) is 0. The molecule has 0 saturated carbocycles. The van der Waals surface area contributed by atoms with Crippen molar-refractivity contribution in [2.75, 3.05) is 13.1 Å². The molecule has 17 heavy (non-hydrogen) atoms. The highest BCUT2D eigenvalue weighted by Crippen LogP contribution is 2.20. The lowest BCUT2D eigenvalue weighted by Gasteiger charge is -2.30. The molecule has 3 nitrogen and oxygen atoms in total. The van der Waals surface area contributed by atoms with E-state index in [0.717, 1.165) is 32.3 Å². The summed E-state index contributed by atoms with van der Waals surface area (Å²) < 4.78 is 0. The van der Waals surface area contributed by atoms with Crippen molar-refractivity contribution in [2.45, 2.75) is 33.7 Å². The summed E-state index contributed by atoms with van der Waals surface area (Å²) >= 11 is 0. The van der Waals surface area contributed by atoms with Crippen LogP contribution in [-0.4, -0.2) is 29.3 Å². The Kier molecular flexibility index (Phi) is 5.29. The third kappa shape index (κ3) is 4.27. The quantitative estimate of drug-likeness (QED) is 0.680. The summed E-state index contributed by atoms with van der Waals surface area (Å²) in [5.74, 6) is 0. The summed E-state index contributed by atoms with van der Waals surface area (Å²) in [6, 6.07) is 4.04. The number of hydrogen-bond donors (Lipinski definition) is 0. The Hall–Kier alpha value is -1.22. The first-order valence-corrected chi connectivity index (χ1v) is 6.21. The normalized spacial score (nSPS) is 14.6. The zero-order chi connectivity index (χ0) is 12.7. The summed E-state index contributed by atoms with van der Waals surface area (Å²) in [5.41, 5.74) is 1.01. The minimum absolute atomic E-state index is 0.233. The average Bonchev–Trinajstić information content (AvgIpc) is 2.39. The van der Waals surface area contributed by atoms with Crippen molar-refractivity contribution in [3.8, 4) is 0 Å². The van der Waals surface area contributed by atoms with Gasteiger partial charge < -0.3 is 4.79 Å². The molecule has 0 aromatic carbocycles. The lowest BCUT2D eigenvalue weighted by Crippen LogP contribution is -2.36. The van der Waals surface area contributed by atoms with Gasteiger partial charge in [-0.25, -0.2) is 0 Å². The van der Waals surface area contributed by atoms with Gasteiger partial charge in [0.05, 0.1) is 0 Å². The maximum atomic E-state index is 11.1. The fraction of sp³-hybridized carbons (Fsp3) is 0.571. The Labute approximate surface area is 104 Å². The summed E-state index contributed by atoms with van der Waals surface area (Å²) in [7, 11) is 0. The van der Waals surface area contributed by atoms with Gasteiger partial charge in [0.2, 0.25) is 0 Å². The summed E-state index contributed by atoms with van der Waals surface area (Å²) in [6.45, 7) is 8.85. The minimum Gasteiger partial charge on any atom is -0.303 e. The number of pyridine rings is 1. The molecular weight excluding hydrogens is 212 g/mol. The van der Waals surface area contributed by atoms with Crippen LogP contribution in [0.4, 0.5) is 0 Å². The van der Waals surface area contributed by atoms with Crippen LogP contribution >= 0.6 is 0 Å².